The van der Waals surface area contributed by atoms with Crippen molar-refractivity contribution in [3.63, 3.8) is 0 Å². The Morgan fingerprint density at radius 2 is 1.73 bits per heavy atom. The average molecular weight is 308 g/mol. The maximum absolute atomic E-state index is 12.7. The molecule has 6 nitrogen and oxygen atoms in total. The fourth-order valence-electron chi connectivity index (χ4n) is 2.15. The molecule has 0 bridgehead atoms. The maximum atomic E-state index is 12.7. The Hall–Kier alpha value is -2.84. The Kier molecular flexibility index (Phi) is 3.12. The highest BCUT2D eigenvalue weighted by molar-refractivity contribution is 5.98. The lowest BCUT2D eigenvalue weighted by atomic mass is 10.1. The fourth-order valence-corrected chi connectivity index (χ4v) is 2.15. The van der Waals surface area contributed by atoms with Crippen LogP contribution in [0.1, 0.15) is 0 Å². The standard InChI is InChI=1S/C13H11F3N6/c14-13(15,16)5-22-12-9(11(18)19-6-20-12)10(21-22)7-1-3-8(17)4-2-7/h1-4,6H,5,17H2,(H2,18,19,20). The van der Waals surface area contributed by atoms with E-state index >= 15 is 0 Å². The van der Waals surface area contributed by atoms with Crippen molar-refractivity contribution < 1.29 is 13.2 Å². The summed E-state index contributed by atoms with van der Waals surface area (Å²) in [6, 6.07) is 6.57. The number of halogens is 3. The van der Waals surface area contributed by atoms with Gasteiger partial charge in [0.05, 0.1) is 5.39 Å². The van der Waals surface area contributed by atoms with Crippen molar-refractivity contribution in [1.82, 2.24) is 19.7 Å². The van der Waals surface area contributed by atoms with Crippen molar-refractivity contribution in [2.75, 3.05) is 11.5 Å². The molecule has 2 heterocycles. The molecular formula is C13H11F3N6. The van der Waals surface area contributed by atoms with Gasteiger partial charge in [-0.2, -0.15) is 18.3 Å². The summed E-state index contributed by atoms with van der Waals surface area (Å²) in [4.78, 5) is 7.70. The predicted molar refractivity (Wildman–Crippen MR) is 75.6 cm³/mol. The Morgan fingerprint density at radius 1 is 1.05 bits per heavy atom. The number of benzene rings is 1. The molecule has 0 aliphatic carbocycles. The summed E-state index contributed by atoms with van der Waals surface area (Å²) in [5, 5.41) is 4.30. The quantitative estimate of drug-likeness (QED) is 0.708. The topological polar surface area (TPSA) is 95.6 Å². The first-order valence-corrected chi connectivity index (χ1v) is 6.25. The van der Waals surface area contributed by atoms with Crippen molar-refractivity contribution >= 4 is 22.5 Å². The van der Waals surface area contributed by atoms with Crippen LogP contribution >= 0.6 is 0 Å². The first kappa shape index (κ1) is 14.1. The Labute approximate surface area is 122 Å². The molecule has 0 radical (unpaired) electrons. The van der Waals surface area contributed by atoms with Crippen molar-refractivity contribution in [2.45, 2.75) is 12.7 Å². The molecule has 0 spiro atoms. The smallest absolute Gasteiger partial charge is 0.399 e. The zero-order valence-electron chi connectivity index (χ0n) is 11.2. The molecule has 114 valence electrons. The maximum Gasteiger partial charge on any atom is 0.408 e. The first-order valence-electron chi connectivity index (χ1n) is 6.25. The van der Waals surface area contributed by atoms with Crippen LogP contribution in [0.2, 0.25) is 0 Å². The second kappa shape index (κ2) is 4.86. The molecule has 22 heavy (non-hydrogen) atoms. The van der Waals surface area contributed by atoms with Crippen LogP contribution in [-0.4, -0.2) is 25.9 Å². The molecule has 0 unspecified atom stereocenters. The summed E-state index contributed by atoms with van der Waals surface area (Å²) in [6.45, 7) is -1.26. The second-order valence-corrected chi connectivity index (χ2v) is 4.70. The highest BCUT2D eigenvalue weighted by Gasteiger charge is 2.31. The van der Waals surface area contributed by atoms with E-state index in [1.165, 1.54) is 0 Å². The normalized spacial score (nSPS) is 12.0. The van der Waals surface area contributed by atoms with E-state index < -0.39 is 12.7 Å². The van der Waals surface area contributed by atoms with E-state index in [-0.39, 0.29) is 22.5 Å². The Morgan fingerprint density at radius 3 is 2.36 bits per heavy atom. The summed E-state index contributed by atoms with van der Waals surface area (Å²) in [6.07, 6.45) is -3.31. The molecule has 0 amide bonds. The number of nitrogens with zero attached hydrogens (tertiary/aromatic N) is 4. The number of aromatic nitrogens is 4. The van der Waals surface area contributed by atoms with Gasteiger partial charge in [-0.05, 0) is 12.1 Å². The van der Waals surface area contributed by atoms with Gasteiger partial charge in [0.1, 0.15) is 24.4 Å². The van der Waals surface area contributed by atoms with Gasteiger partial charge in [0.25, 0.3) is 0 Å². The molecule has 0 atom stereocenters. The lowest BCUT2D eigenvalue weighted by Crippen LogP contribution is -2.19. The van der Waals surface area contributed by atoms with Crippen molar-refractivity contribution in [3.05, 3.63) is 30.6 Å². The molecule has 2 aromatic heterocycles. The molecule has 3 rings (SSSR count). The van der Waals surface area contributed by atoms with E-state index in [4.69, 9.17) is 11.5 Å². The van der Waals surface area contributed by atoms with E-state index in [1.807, 2.05) is 0 Å². The van der Waals surface area contributed by atoms with Gasteiger partial charge in [0.2, 0.25) is 0 Å². The largest absolute Gasteiger partial charge is 0.408 e. The Balaban J connectivity index is 2.24. The highest BCUT2D eigenvalue weighted by Crippen LogP contribution is 2.31. The molecule has 0 fully saturated rings. The minimum absolute atomic E-state index is 0.0386. The third-order valence-electron chi connectivity index (χ3n) is 3.07. The lowest BCUT2D eigenvalue weighted by Gasteiger charge is -2.06. The molecule has 0 aliphatic rings. The number of hydrogen-bond donors (Lipinski definition) is 2. The summed E-state index contributed by atoms with van der Waals surface area (Å²) in [5.74, 6) is 0.0743. The number of nitrogen functional groups attached to an aromatic ring is 2. The van der Waals surface area contributed by atoms with Gasteiger partial charge in [0.15, 0.2) is 5.65 Å². The first-order chi connectivity index (χ1) is 10.3. The summed E-state index contributed by atoms with van der Waals surface area (Å²) in [5.41, 5.74) is 12.8. The van der Waals surface area contributed by atoms with Gasteiger partial charge in [-0.15, -0.1) is 0 Å². The molecule has 0 saturated heterocycles. The zero-order valence-corrected chi connectivity index (χ0v) is 11.2. The van der Waals surface area contributed by atoms with Crippen LogP contribution in [0.5, 0.6) is 0 Å². The molecule has 0 aliphatic heterocycles. The van der Waals surface area contributed by atoms with Crippen LogP contribution in [0.4, 0.5) is 24.7 Å². The van der Waals surface area contributed by atoms with Crippen molar-refractivity contribution in [2.24, 2.45) is 0 Å². The number of anilines is 2. The summed E-state index contributed by atoms with van der Waals surface area (Å²) in [7, 11) is 0. The van der Waals surface area contributed by atoms with E-state index in [2.05, 4.69) is 15.1 Å². The zero-order chi connectivity index (χ0) is 15.9. The van der Waals surface area contributed by atoms with E-state index in [9.17, 15) is 13.2 Å². The number of rotatable bonds is 2. The highest BCUT2D eigenvalue weighted by atomic mass is 19.4. The molecule has 3 aromatic rings. The van der Waals surface area contributed by atoms with Gasteiger partial charge < -0.3 is 11.5 Å². The third-order valence-corrected chi connectivity index (χ3v) is 3.07. The monoisotopic (exact) mass is 308 g/mol. The molecule has 4 N–H and O–H groups in total. The minimum atomic E-state index is -4.42. The van der Waals surface area contributed by atoms with Gasteiger partial charge in [-0.25, -0.2) is 14.6 Å². The minimum Gasteiger partial charge on any atom is -0.399 e. The third kappa shape index (κ3) is 2.52. The van der Waals surface area contributed by atoms with Crippen LogP contribution in [0.15, 0.2) is 30.6 Å². The Bertz CT molecular complexity index is 822. The molecule has 1 aromatic carbocycles. The molecular weight excluding hydrogens is 297 g/mol. The number of fused-ring (bicyclic) bond motifs is 1. The second-order valence-electron chi connectivity index (χ2n) is 4.70. The van der Waals surface area contributed by atoms with Crippen LogP contribution < -0.4 is 11.5 Å². The summed E-state index contributed by atoms with van der Waals surface area (Å²) < 4.78 is 38.8. The van der Waals surface area contributed by atoms with Gasteiger partial charge in [-0.3, -0.25) is 0 Å². The lowest BCUT2D eigenvalue weighted by molar-refractivity contribution is -0.141. The number of hydrogen-bond acceptors (Lipinski definition) is 5. The van der Waals surface area contributed by atoms with Gasteiger partial charge in [0, 0.05) is 11.3 Å². The van der Waals surface area contributed by atoms with E-state index in [0.717, 1.165) is 11.0 Å². The van der Waals surface area contributed by atoms with Crippen molar-refractivity contribution in [3.8, 4) is 11.3 Å². The number of nitrogens with two attached hydrogens (primary N) is 2. The average Bonchev–Trinajstić information content (AvgIpc) is 2.78. The van der Waals surface area contributed by atoms with Crippen molar-refractivity contribution in [1.29, 1.82) is 0 Å². The van der Waals surface area contributed by atoms with E-state index in [0.29, 0.717) is 11.3 Å². The predicted octanol–water partition coefficient (Wildman–Crippen LogP) is 2.22. The summed E-state index contributed by atoms with van der Waals surface area (Å²) >= 11 is 0. The van der Waals surface area contributed by atoms with Crippen LogP contribution in [0, 0.1) is 0 Å². The number of alkyl halides is 3. The molecule has 0 saturated carbocycles. The molecule has 9 heteroatoms. The van der Waals surface area contributed by atoms with Crippen LogP contribution in [-0.2, 0) is 6.54 Å². The van der Waals surface area contributed by atoms with Gasteiger partial charge >= 0.3 is 6.18 Å². The van der Waals surface area contributed by atoms with Gasteiger partial charge in [-0.1, -0.05) is 12.1 Å². The van der Waals surface area contributed by atoms with Crippen LogP contribution in [0.3, 0.4) is 0 Å². The fraction of sp³-hybridized carbons (Fsp3) is 0.154. The van der Waals surface area contributed by atoms with Crippen LogP contribution in [0.25, 0.3) is 22.3 Å². The van der Waals surface area contributed by atoms with E-state index in [1.54, 1.807) is 24.3 Å². The SMILES string of the molecule is Nc1ccc(-c2nn(CC(F)(F)F)c3ncnc(N)c23)cc1.